The van der Waals surface area contributed by atoms with E-state index in [9.17, 15) is 9.59 Å². The number of ether oxygens (including phenoxy) is 1. The van der Waals surface area contributed by atoms with E-state index in [1.165, 1.54) is 6.92 Å². The molecule has 114 valence electrons. The van der Waals surface area contributed by atoms with Gasteiger partial charge in [-0.2, -0.15) is 0 Å². The lowest BCUT2D eigenvalue weighted by atomic mass is 10.1. The predicted molar refractivity (Wildman–Crippen MR) is 82.5 cm³/mol. The molecule has 0 heterocycles. The Kier molecular flexibility index (Phi) is 11.8. The Morgan fingerprint density at radius 3 is 2.35 bits per heavy atom. The largest absolute Gasteiger partial charge is 0.462 e. The molecular formula is C17H28O3. The highest BCUT2D eigenvalue weighted by atomic mass is 16.5. The van der Waals surface area contributed by atoms with Crippen LogP contribution in [0.25, 0.3) is 0 Å². The maximum Gasteiger partial charge on any atom is 0.302 e. The van der Waals surface area contributed by atoms with Crippen molar-refractivity contribution < 1.29 is 14.3 Å². The number of carbonyl (C=O) groups is 2. The van der Waals surface area contributed by atoms with Gasteiger partial charge in [0.05, 0.1) is 0 Å². The number of allylic oxidation sites excluding steroid dienone is 3. The van der Waals surface area contributed by atoms with Crippen molar-refractivity contribution in [3.63, 3.8) is 0 Å². The summed E-state index contributed by atoms with van der Waals surface area (Å²) in [5, 5.41) is 0. The van der Waals surface area contributed by atoms with Crippen LogP contribution in [-0.2, 0) is 14.3 Å². The molecule has 0 aliphatic rings. The van der Waals surface area contributed by atoms with Gasteiger partial charge in [-0.05, 0) is 32.6 Å². The fourth-order valence-corrected chi connectivity index (χ4v) is 1.83. The zero-order valence-corrected chi connectivity index (χ0v) is 13.1. The molecule has 0 rings (SSSR count). The summed E-state index contributed by atoms with van der Waals surface area (Å²) in [6.45, 7) is 5.10. The van der Waals surface area contributed by atoms with Gasteiger partial charge in [-0.15, -0.1) is 0 Å². The van der Waals surface area contributed by atoms with E-state index in [1.54, 1.807) is 6.92 Å². The van der Waals surface area contributed by atoms with Crippen molar-refractivity contribution in [2.24, 2.45) is 0 Å². The van der Waals surface area contributed by atoms with Gasteiger partial charge in [-0.1, -0.05) is 37.6 Å². The van der Waals surface area contributed by atoms with Gasteiger partial charge in [0.1, 0.15) is 11.9 Å². The Bertz CT molecular complexity index is 329. The van der Waals surface area contributed by atoms with Crippen LogP contribution in [0.2, 0.25) is 0 Å². The Balaban J connectivity index is 3.60. The van der Waals surface area contributed by atoms with Crippen molar-refractivity contribution in [3.05, 3.63) is 24.3 Å². The first kappa shape index (κ1) is 18.6. The van der Waals surface area contributed by atoms with Crippen LogP contribution in [0.5, 0.6) is 0 Å². The summed E-state index contributed by atoms with van der Waals surface area (Å²) >= 11 is 0. The topological polar surface area (TPSA) is 43.4 Å². The highest BCUT2D eigenvalue weighted by Crippen LogP contribution is 2.06. The van der Waals surface area contributed by atoms with E-state index in [4.69, 9.17) is 4.74 Å². The van der Waals surface area contributed by atoms with Gasteiger partial charge in [0.25, 0.3) is 0 Å². The van der Waals surface area contributed by atoms with Crippen molar-refractivity contribution in [1.82, 2.24) is 0 Å². The standard InChI is InChI=1S/C17H28O3/c1-4-17(20-16(3)19)14-12-10-8-6-5-7-9-11-13-15(2)18/h6,8,10,12,17H,4-5,7,9,11,13-14H2,1-3H3. The quantitative estimate of drug-likeness (QED) is 0.320. The molecule has 3 nitrogen and oxygen atoms in total. The molecule has 0 aromatic rings. The van der Waals surface area contributed by atoms with Crippen LogP contribution in [0.15, 0.2) is 24.3 Å². The van der Waals surface area contributed by atoms with Crippen LogP contribution in [0, 0.1) is 0 Å². The van der Waals surface area contributed by atoms with Gasteiger partial charge in [0.15, 0.2) is 0 Å². The third-order valence-corrected chi connectivity index (χ3v) is 2.97. The van der Waals surface area contributed by atoms with Gasteiger partial charge >= 0.3 is 5.97 Å². The third kappa shape index (κ3) is 13.1. The van der Waals surface area contributed by atoms with Crippen molar-refractivity contribution in [2.45, 2.75) is 71.8 Å². The summed E-state index contributed by atoms with van der Waals surface area (Å²) in [5.74, 6) is 0.0630. The molecule has 0 aliphatic heterocycles. The van der Waals surface area contributed by atoms with Gasteiger partial charge in [-0.25, -0.2) is 0 Å². The van der Waals surface area contributed by atoms with Crippen molar-refractivity contribution in [3.8, 4) is 0 Å². The van der Waals surface area contributed by atoms with Gasteiger partial charge in [-0.3, -0.25) is 4.79 Å². The van der Waals surface area contributed by atoms with Crippen molar-refractivity contribution in [1.29, 1.82) is 0 Å². The molecule has 1 unspecified atom stereocenters. The lowest BCUT2D eigenvalue weighted by Crippen LogP contribution is -2.13. The predicted octanol–water partition coefficient (Wildman–Crippen LogP) is 4.37. The monoisotopic (exact) mass is 280 g/mol. The van der Waals surface area contributed by atoms with Crippen LogP contribution in [0.4, 0.5) is 0 Å². The highest BCUT2D eigenvalue weighted by molar-refractivity contribution is 5.75. The second kappa shape index (κ2) is 12.6. The highest BCUT2D eigenvalue weighted by Gasteiger charge is 2.06. The number of esters is 1. The van der Waals surface area contributed by atoms with Crippen LogP contribution in [0.3, 0.4) is 0 Å². The molecular weight excluding hydrogens is 252 g/mol. The first-order valence-electron chi connectivity index (χ1n) is 7.54. The first-order chi connectivity index (χ1) is 9.56. The third-order valence-electron chi connectivity index (χ3n) is 2.97. The van der Waals surface area contributed by atoms with Crippen LogP contribution in [0.1, 0.15) is 65.7 Å². The number of carbonyl (C=O) groups excluding carboxylic acids is 2. The second-order valence-corrected chi connectivity index (χ2v) is 5.03. The lowest BCUT2D eigenvalue weighted by Gasteiger charge is -2.11. The van der Waals surface area contributed by atoms with E-state index in [-0.39, 0.29) is 17.9 Å². The fourth-order valence-electron chi connectivity index (χ4n) is 1.83. The number of rotatable bonds is 11. The Hall–Kier alpha value is -1.38. The maximum absolute atomic E-state index is 10.8. The van der Waals surface area contributed by atoms with Crippen molar-refractivity contribution >= 4 is 11.8 Å². The Morgan fingerprint density at radius 1 is 1.05 bits per heavy atom. The van der Waals surface area contributed by atoms with E-state index < -0.39 is 0 Å². The summed E-state index contributed by atoms with van der Waals surface area (Å²) in [4.78, 5) is 21.6. The Labute approximate surface area is 123 Å². The van der Waals surface area contributed by atoms with Gasteiger partial charge in [0, 0.05) is 19.8 Å². The summed E-state index contributed by atoms with van der Waals surface area (Å²) in [6.07, 6.45) is 14.8. The van der Waals surface area contributed by atoms with E-state index >= 15 is 0 Å². The first-order valence-corrected chi connectivity index (χ1v) is 7.54. The minimum absolute atomic E-state index is 0.0104. The van der Waals surface area contributed by atoms with Crippen LogP contribution < -0.4 is 0 Å². The molecule has 0 N–H and O–H groups in total. The van der Waals surface area contributed by atoms with E-state index in [0.717, 1.165) is 38.5 Å². The molecule has 0 aromatic carbocycles. The zero-order valence-electron chi connectivity index (χ0n) is 13.1. The van der Waals surface area contributed by atoms with E-state index in [0.29, 0.717) is 6.42 Å². The maximum atomic E-state index is 10.8. The van der Waals surface area contributed by atoms with E-state index in [1.807, 2.05) is 25.2 Å². The number of hydrogen-bond acceptors (Lipinski definition) is 3. The lowest BCUT2D eigenvalue weighted by molar-refractivity contribution is -0.146. The SMILES string of the molecule is CCC(CC=CC=CCCCCCC(C)=O)OC(C)=O. The average Bonchev–Trinajstić information content (AvgIpc) is 2.38. The number of unbranched alkanes of at least 4 members (excludes halogenated alkanes) is 3. The molecule has 0 radical (unpaired) electrons. The molecule has 3 heteroatoms. The number of ketones is 1. The normalized spacial score (nSPS) is 12.9. The molecule has 0 saturated carbocycles. The smallest absolute Gasteiger partial charge is 0.302 e. The number of Topliss-reactive ketones (excluding diaryl/α,β-unsaturated/α-hetero) is 1. The van der Waals surface area contributed by atoms with Crippen molar-refractivity contribution in [2.75, 3.05) is 0 Å². The average molecular weight is 280 g/mol. The molecule has 0 bridgehead atoms. The summed E-state index contributed by atoms with van der Waals surface area (Å²) in [6, 6.07) is 0. The summed E-state index contributed by atoms with van der Waals surface area (Å²) in [7, 11) is 0. The molecule has 0 spiro atoms. The summed E-state index contributed by atoms with van der Waals surface area (Å²) < 4.78 is 5.15. The van der Waals surface area contributed by atoms with E-state index in [2.05, 4.69) is 6.08 Å². The van der Waals surface area contributed by atoms with Crippen LogP contribution in [-0.4, -0.2) is 17.9 Å². The zero-order chi connectivity index (χ0) is 15.2. The minimum Gasteiger partial charge on any atom is -0.462 e. The molecule has 0 aromatic heterocycles. The molecule has 0 aliphatic carbocycles. The van der Waals surface area contributed by atoms with Crippen LogP contribution >= 0.6 is 0 Å². The molecule has 1 atom stereocenters. The molecule has 20 heavy (non-hydrogen) atoms. The fraction of sp³-hybridized carbons (Fsp3) is 0.647. The number of hydrogen-bond donors (Lipinski definition) is 0. The molecule has 0 fully saturated rings. The molecule has 0 amide bonds. The van der Waals surface area contributed by atoms with Gasteiger partial charge in [0.2, 0.25) is 0 Å². The summed E-state index contributed by atoms with van der Waals surface area (Å²) in [5.41, 5.74) is 0. The molecule has 0 saturated heterocycles. The minimum atomic E-state index is -0.216. The Morgan fingerprint density at radius 2 is 1.75 bits per heavy atom. The van der Waals surface area contributed by atoms with Gasteiger partial charge < -0.3 is 9.53 Å². The second-order valence-electron chi connectivity index (χ2n) is 5.03.